The van der Waals surface area contributed by atoms with Crippen molar-refractivity contribution in [3.05, 3.63) is 0 Å². The highest BCUT2D eigenvalue weighted by atomic mass is 16.3. The van der Waals surface area contributed by atoms with E-state index in [-0.39, 0.29) is 17.9 Å². The fourth-order valence-corrected chi connectivity index (χ4v) is 0.541. The van der Waals surface area contributed by atoms with Crippen LogP contribution < -0.4 is 5.73 Å². The number of hydrogen-bond donors (Lipinski definition) is 2. The van der Waals surface area contributed by atoms with E-state index in [0.717, 1.165) is 0 Å². The van der Waals surface area contributed by atoms with Crippen LogP contribution in [-0.2, 0) is 4.79 Å². The zero-order valence-corrected chi connectivity index (χ0v) is 6.55. The van der Waals surface area contributed by atoms with Crippen LogP contribution in [-0.4, -0.2) is 17.6 Å². The SMILES string of the molecule is CC(C)(CO)CCC(N)=O. The van der Waals surface area contributed by atoms with E-state index >= 15 is 0 Å². The van der Waals surface area contributed by atoms with Crippen molar-refractivity contribution in [2.45, 2.75) is 26.7 Å². The number of amides is 1. The summed E-state index contributed by atoms with van der Waals surface area (Å²) in [5.74, 6) is -0.304. The van der Waals surface area contributed by atoms with Crippen LogP contribution in [0.25, 0.3) is 0 Å². The smallest absolute Gasteiger partial charge is 0.217 e. The third-order valence-corrected chi connectivity index (χ3v) is 1.48. The highest BCUT2D eigenvalue weighted by molar-refractivity contribution is 5.73. The Morgan fingerprint density at radius 2 is 2.10 bits per heavy atom. The third kappa shape index (κ3) is 4.32. The van der Waals surface area contributed by atoms with Gasteiger partial charge < -0.3 is 10.8 Å². The predicted octanol–water partition coefficient (Wildman–Crippen LogP) is 0.270. The summed E-state index contributed by atoms with van der Waals surface area (Å²) in [6.45, 7) is 3.90. The standard InChI is InChI=1S/C7H15NO2/c1-7(2,5-9)4-3-6(8)10/h9H,3-5H2,1-2H3,(H2,8,10). The second-order valence-corrected chi connectivity index (χ2v) is 3.29. The molecule has 1 amide bonds. The summed E-state index contributed by atoms with van der Waals surface area (Å²) in [6.07, 6.45) is 1.01. The number of rotatable bonds is 4. The van der Waals surface area contributed by atoms with Gasteiger partial charge in [0.25, 0.3) is 0 Å². The Hall–Kier alpha value is -0.570. The molecule has 0 aromatic heterocycles. The van der Waals surface area contributed by atoms with Crippen LogP contribution in [0.4, 0.5) is 0 Å². The maximum atomic E-state index is 10.3. The van der Waals surface area contributed by atoms with Crippen molar-refractivity contribution in [3.63, 3.8) is 0 Å². The molecule has 0 aliphatic heterocycles. The highest BCUT2D eigenvalue weighted by Crippen LogP contribution is 2.20. The highest BCUT2D eigenvalue weighted by Gasteiger charge is 2.16. The molecule has 0 rings (SSSR count). The van der Waals surface area contributed by atoms with Crippen molar-refractivity contribution in [1.29, 1.82) is 0 Å². The Morgan fingerprint density at radius 3 is 2.40 bits per heavy atom. The second kappa shape index (κ2) is 3.56. The van der Waals surface area contributed by atoms with E-state index in [4.69, 9.17) is 10.8 Å². The van der Waals surface area contributed by atoms with Crippen LogP contribution in [0, 0.1) is 5.41 Å². The van der Waals surface area contributed by atoms with Gasteiger partial charge >= 0.3 is 0 Å². The van der Waals surface area contributed by atoms with Gasteiger partial charge in [-0.3, -0.25) is 4.79 Å². The van der Waals surface area contributed by atoms with E-state index in [1.807, 2.05) is 13.8 Å². The van der Waals surface area contributed by atoms with Gasteiger partial charge in [0.15, 0.2) is 0 Å². The van der Waals surface area contributed by atoms with Crippen LogP contribution in [0.3, 0.4) is 0 Å². The van der Waals surface area contributed by atoms with Gasteiger partial charge in [-0.2, -0.15) is 0 Å². The molecule has 0 aromatic rings. The van der Waals surface area contributed by atoms with Gasteiger partial charge in [0.1, 0.15) is 0 Å². The van der Waals surface area contributed by atoms with Crippen molar-refractivity contribution in [1.82, 2.24) is 0 Å². The van der Waals surface area contributed by atoms with E-state index in [1.165, 1.54) is 0 Å². The molecule has 0 spiro atoms. The van der Waals surface area contributed by atoms with E-state index in [1.54, 1.807) is 0 Å². The summed E-state index contributed by atoms with van der Waals surface area (Å²) in [6, 6.07) is 0. The van der Waals surface area contributed by atoms with Crippen molar-refractivity contribution < 1.29 is 9.90 Å². The fraction of sp³-hybridized carbons (Fsp3) is 0.857. The maximum absolute atomic E-state index is 10.3. The Labute approximate surface area is 61.2 Å². The van der Waals surface area contributed by atoms with Crippen molar-refractivity contribution in [2.24, 2.45) is 11.1 Å². The van der Waals surface area contributed by atoms with Crippen LogP contribution in [0.5, 0.6) is 0 Å². The lowest BCUT2D eigenvalue weighted by molar-refractivity contribution is -0.118. The van der Waals surface area contributed by atoms with Gasteiger partial charge in [-0.05, 0) is 11.8 Å². The number of carbonyl (C=O) groups excluding carboxylic acids is 1. The van der Waals surface area contributed by atoms with Gasteiger partial charge in [0, 0.05) is 13.0 Å². The van der Waals surface area contributed by atoms with Crippen LogP contribution in [0.15, 0.2) is 0 Å². The number of aliphatic hydroxyl groups excluding tert-OH is 1. The number of carbonyl (C=O) groups is 1. The summed E-state index contributed by atoms with van der Waals surface area (Å²) in [4.78, 5) is 10.3. The molecule has 10 heavy (non-hydrogen) atoms. The molecule has 0 bridgehead atoms. The molecule has 0 unspecified atom stereocenters. The summed E-state index contributed by atoms with van der Waals surface area (Å²) in [7, 11) is 0. The molecule has 0 aromatic carbocycles. The number of aliphatic hydroxyl groups is 1. The average Bonchev–Trinajstić information content (AvgIpc) is 1.85. The first-order chi connectivity index (χ1) is 4.48. The first kappa shape index (κ1) is 9.43. The molecule has 0 fully saturated rings. The van der Waals surface area contributed by atoms with E-state index < -0.39 is 0 Å². The van der Waals surface area contributed by atoms with Gasteiger partial charge in [-0.15, -0.1) is 0 Å². The van der Waals surface area contributed by atoms with E-state index in [2.05, 4.69) is 0 Å². The molecular weight excluding hydrogens is 130 g/mol. The average molecular weight is 145 g/mol. The molecule has 60 valence electrons. The van der Waals surface area contributed by atoms with Crippen molar-refractivity contribution in [3.8, 4) is 0 Å². The minimum Gasteiger partial charge on any atom is -0.396 e. The van der Waals surface area contributed by atoms with E-state index in [0.29, 0.717) is 12.8 Å². The van der Waals surface area contributed by atoms with Crippen LogP contribution in [0.2, 0.25) is 0 Å². The van der Waals surface area contributed by atoms with Crippen molar-refractivity contribution in [2.75, 3.05) is 6.61 Å². The second-order valence-electron chi connectivity index (χ2n) is 3.29. The molecule has 3 nitrogen and oxygen atoms in total. The Bertz CT molecular complexity index is 121. The molecule has 0 aliphatic rings. The molecule has 0 heterocycles. The number of hydrogen-bond acceptors (Lipinski definition) is 2. The molecular formula is C7H15NO2. The zero-order valence-electron chi connectivity index (χ0n) is 6.55. The Morgan fingerprint density at radius 1 is 1.60 bits per heavy atom. The summed E-state index contributed by atoms with van der Waals surface area (Å²) in [5, 5.41) is 8.75. The molecule has 0 radical (unpaired) electrons. The Kier molecular flexibility index (Phi) is 3.36. The summed E-state index contributed by atoms with van der Waals surface area (Å²) < 4.78 is 0. The molecule has 0 saturated heterocycles. The lowest BCUT2D eigenvalue weighted by Crippen LogP contribution is -2.20. The molecule has 3 N–H and O–H groups in total. The van der Waals surface area contributed by atoms with E-state index in [9.17, 15) is 4.79 Å². The van der Waals surface area contributed by atoms with Gasteiger partial charge in [0.2, 0.25) is 5.91 Å². The van der Waals surface area contributed by atoms with Crippen molar-refractivity contribution >= 4 is 5.91 Å². The first-order valence-corrected chi connectivity index (χ1v) is 3.37. The molecule has 0 atom stereocenters. The lowest BCUT2D eigenvalue weighted by Gasteiger charge is -2.19. The van der Waals surface area contributed by atoms with Crippen LogP contribution >= 0.6 is 0 Å². The fourth-order valence-electron chi connectivity index (χ4n) is 0.541. The van der Waals surface area contributed by atoms with Gasteiger partial charge in [-0.1, -0.05) is 13.8 Å². The first-order valence-electron chi connectivity index (χ1n) is 3.37. The topological polar surface area (TPSA) is 63.3 Å². The lowest BCUT2D eigenvalue weighted by atomic mass is 9.89. The largest absolute Gasteiger partial charge is 0.396 e. The number of primary amides is 1. The quantitative estimate of drug-likeness (QED) is 0.596. The van der Waals surface area contributed by atoms with Gasteiger partial charge in [-0.25, -0.2) is 0 Å². The minimum absolute atomic E-state index is 0.0975. The number of nitrogens with two attached hydrogens (primary N) is 1. The summed E-state index contributed by atoms with van der Waals surface area (Å²) in [5.41, 5.74) is 4.76. The summed E-state index contributed by atoms with van der Waals surface area (Å²) >= 11 is 0. The molecule has 0 aliphatic carbocycles. The monoisotopic (exact) mass is 145 g/mol. The van der Waals surface area contributed by atoms with Gasteiger partial charge in [0.05, 0.1) is 0 Å². The zero-order chi connectivity index (χ0) is 8.20. The van der Waals surface area contributed by atoms with Crippen LogP contribution in [0.1, 0.15) is 26.7 Å². The normalized spacial score (nSPS) is 11.5. The minimum atomic E-state index is -0.304. The third-order valence-electron chi connectivity index (χ3n) is 1.48. The molecule has 0 saturated carbocycles. The molecule has 3 heteroatoms. The maximum Gasteiger partial charge on any atom is 0.217 e. The predicted molar refractivity (Wildman–Crippen MR) is 39.3 cm³/mol. The Balaban J connectivity index is 3.56.